The van der Waals surface area contributed by atoms with Gasteiger partial charge in [0.2, 0.25) is 0 Å². The summed E-state index contributed by atoms with van der Waals surface area (Å²) in [6.45, 7) is 1.21. The SMILES string of the molecule is O=C(O)C1c2ccoc2CCN1Cc1ccn[nH]1. The summed E-state index contributed by atoms with van der Waals surface area (Å²) in [4.78, 5) is 13.4. The van der Waals surface area contributed by atoms with Gasteiger partial charge in [0.1, 0.15) is 11.8 Å². The van der Waals surface area contributed by atoms with Crippen molar-refractivity contribution < 1.29 is 14.3 Å². The standard InChI is InChI=1S/C12H13N3O3/c16-12(17)11-9-3-6-18-10(9)2-5-15(11)7-8-1-4-13-14-8/h1,3-4,6,11H,2,5,7H2,(H,13,14)(H,16,17). The predicted octanol–water partition coefficient (Wildman–Crippen LogP) is 1.19. The van der Waals surface area contributed by atoms with Crippen molar-refractivity contribution >= 4 is 5.97 Å². The van der Waals surface area contributed by atoms with E-state index in [1.165, 1.54) is 0 Å². The smallest absolute Gasteiger partial charge is 0.325 e. The molecular formula is C12H13N3O3. The first-order valence-electron chi connectivity index (χ1n) is 5.77. The Kier molecular flexibility index (Phi) is 2.64. The molecular weight excluding hydrogens is 234 g/mol. The van der Waals surface area contributed by atoms with Crippen LogP contribution in [0, 0.1) is 0 Å². The van der Waals surface area contributed by atoms with Gasteiger partial charge in [-0.3, -0.25) is 14.8 Å². The number of aliphatic carboxylic acids is 1. The summed E-state index contributed by atoms with van der Waals surface area (Å²) in [5.41, 5.74) is 1.67. The van der Waals surface area contributed by atoms with Crippen LogP contribution in [-0.2, 0) is 17.8 Å². The molecule has 3 heterocycles. The molecule has 2 aromatic rings. The molecule has 2 N–H and O–H groups in total. The number of carboxylic acids is 1. The van der Waals surface area contributed by atoms with Crippen LogP contribution in [0.5, 0.6) is 0 Å². The van der Waals surface area contributed by atoms with Gasteiger partial charge < -0.3 is 9.52 Å². The number of hydrogen-bond acceptors (Lipinski definition) is 4. The van der Waals surface area contributed by atoms with Gasteiger partial charge in [-0.1, -0.05) is 0 Å². The molecule has 1 atom stereocenters. The van der Waals surface area contributed by atoms with Gasteiger partial charge in [0.25, 0.3) is 0 Å². The van der Waals surface area contributed by atoms with Crippen molar-refractivity contribution in [2.24, 2.45) is 0 Å². The van der Waals surface area contributed by atoms with Gasteiger partial charge in [0, 0.05) is 37.0 Å². The summed E-state index contributed by atoms with van der Waals surface area (Å²) < 4.78 is 5.31. The number of H-pyrrole nitrogens is 1. The van der Waals surface area contributed by atoms with Crippen molar-refractivity contribution in [1.82, 2.24) is 15.1 Å². The highest BCUT2D eigenvalue weighted by atomic mass is 16.4. The Morgan fingerprint density at radius 3 is 3.22 bits per heavy atom. The number of furan rings is 1. The van der Waals surface area contributed by atoms with Crippen LogP contribution in [0.15, 0.2) is 29.0 Å². The van der Waals surface area contributed by atoms with Crippen LogP contribution in [-0.4, -0.2) is 32.7 Å². The minimum Gasteiger partial charge on any atom is -0.480 e. The minimum atomic E-state index is -0.850. The van der Waals surface area contributed by atoms with E-state index < -0.39 is 12.0 Å². The van der Waals surface area contributed by atoms with E-state index in [-0.39, 0.29) is 0 Å². The van der Waals surface area contributed by atoms with Crippen molar-refractivity contribution in [3.63, 3.8) is 0 Å². The molecule has 0 fully saturated rings. The van der Waals surface area contributed by atoms with Crippen molar-refractivity contribution in [1.29, 1.82) is 0 Å². The first kappa shape index (κ1) is 11.0. The van der Waals surface area contributed by atoms with Crippen LogP contribution in [0.25, 0.3) is 0 Å². The lowest BCUT2D eigenvalue weighted by Gasteiger charge is -2.31. The van der Waals surface area contributed by atoms with Crippen LogP contribution >= 0.6 is 0 Å². The van der Waals surface area contributed by atoms with E-state index in [1.807, 2.05) is 11.0 Å². The average Bonchev–Trinajstić information content (AvgIpc) is 2.98. The quantitative estimate of drug-likeness (QED) is 0.851. The van der Waals surface area contributed by atoms with Gasteiger partial charge in [-0.2, -0.15) is 5.10 Å². The van der Waals surface area contributed by atoms with Crippen LogP contribution < -0.4 is 0 Å². The van der Waals surface area contributed by atoms with E-state index in [4.69, 9.17) is 4.42 Å². The minimum absolute atomic E-state index is 0.543. The average molecular weight is 247 g/mol. The molecule has 0 radical (unpaired) electrons. The first-order chi connectivity index (χ1) is 8.75. The highest BCUT2D eigenvalue weighted by Gasteiger charge is 2.34. The third-order valence-electron chi connectivity index (χ3n) is 3.23. The second-order valence-electron chi connectivity index (χ2n) is 4.34. The summed E-state index contributed by atoms with van der Waals surface area (Å²) in [5.74, 6) is -0.0693. The second-order valence-corrected chi connectivity index (χ2v) is 4.34. The molecule has 1 unspecified atom stereocenters. The molecule has 0 spiro atoms. The molecule has 0 aliphatic carbocycles. The number of fused-ring (bicyclic) bond motifs is 1. The molecule has 0 saturated heterocycles. The van der Waals surface area contributed by atoms with Crippen molar-refractivity contribution in [2.75, 3.05) is 6.54 Å². The highest BCUT2D eigenvalue weighted by Crippen LogP contribution is 2.31. The second kappa shape index (κ2) is 4.30. The summed E-state index contributed by atoms with van der Waals surface area (Å²) in [6.07, 6.45) is 3.96. The lowest BCUT2D eigenvalue weighted by Crippen LogP contribution is -2.38. The lowest BCUT2D eigenvalue weighted by atomic mass is 9.99. The van der Waals surface area contributed by atoms with E-state index in [2.05, 4.69) is 10.2 Å². The fourth-order valence-electron chi connectivity index (χ4n) is 2.42. The fraction of sp³-hybridized carbons (Fsp3) is 0.333. The number of carbonyl (C=O) groups is 1. The van der Waals surface area contributed by atoms with Crippen molar-refractivity contribution in [3.8, 4) is 0 Å². The molecule has 6 nitrogen and oxygen atoms in total. The van der Waals surface area contributed by atoms with Gasteiger partial charge in [0.15, 0.2) is 0 Å². The summed E-state index contributed by atoms with van der Waals surface area (Å²) in [7, 11) is 0. The molecule has 0 amide bonds. The fourth-order valence-corrected chi connectivity index (χ4v) is 2.42. The van der Waals surface area contributed by atoms with E-state index in [9.17, 15) is 9.90 Å². The summed E-state index contributed by atoms with van der Waals surface area (Å²) in [6, 6.07) is 2.95. The number of aromatic nitrogens is 2. The molecule has 94 valence electrons. The number of carboxylic acid groups (broad SMARTS) is 1. The maximum atomic E-state index is 11.4. The molecule has 1 aliphatic rings. The normalized spacial score (nSPS) is 19.7. The number of hydrogen-bond donors (Lipinski definition) is 2. The molecule has 0 aromatic carbocycles. The van der Waals surface area contributed by atoms with E-state index in [0.717, 1.165) is 23.4 Å². The largest absolute Gasteiger partial charge is 0.480 e. The monoisotopic (exact) mass is 247 g/mol. The Morgan fingerprint density at radius 1 is 1.61 bits per heavy atom. The number of aromatic amines is 1. The van der Waals surface area contributed by atoms with Crippen LogP contribution in [0.3, 0.4) is 0 Å². The Morgan fingerprint density at radius 2 is 2.50 bits per heavy atom. The third kappa shape index (κ3) is 1.80. The first-order valence-corrected chi connectivity index (χ1v) is 5.77. The van der Waals surface area contributed by atoms with Crippen LogP contribution in [0.1, 0.15) is 23.1 Å². The third-order valence-corrected chi connectivity index (χ3v) is 3.23. The zero-order valence-electron chi connectivity index (χ0n) is 9.67. The lowest BCUT2D eigenvalue weighted by molar-refractivity contribution is -0.144. The molecule has 1 aliphatic heterocycles. The maximum absolute atomic E-state index is 11.4. The molecule has 2 aromatic heterocycles. The topological polar surface area (TPSA) is 82.4 Å². The number of nitrogens with one attached hydrogen (secondary N) is 1. The molecule has 0 bridgehead atoms. The Hall–Kier alpha value is -2.08. The Bertz CT molecular complexity index is 547. The van der Waals surface area contributed by atoms with Gasteiger partial charge in [-0.25, -0.2) is 0 Å². The maximum Gasteiger partial charge on any atom is 0.325 e. The predicted molar refractivity (Wildman–Crippen MR) is 61.8 cm³/mol. The summed E-state index contributed by atoms with van der Waals surface area (Å²) in [5, 5.41) is 16.1. The van der Waals surface area contributed by atoms with Gasteiger partial charge in [-0.05, 0) is 12.1 Å². The van der Waals surface area contributed by atoms with Gasteiger partial charge in [-0.15, -0.1) is 0 Å². The van der Waals surface area contributed by atoms with Crippen molar-refractivity contribution in [3.05, 3.63) is 41.6 Å². The highest BCUT2D eigenvalue weighted by molar-refractivity contribution is 5.76. The number of rotatable bonds is 3. The molecule has 6 heteroatoms. The van der Waals surface area contributed by atoms with Gasteiger partial charge in [0.05, 0.1) is 6.26 Å². The Balaban J connectivity index is 1.89. The van der Waals surface area contributed by atoms with Crippen LogP contribution in [0.2, 0.25) is 0 Å². The molecule has 0 saturated carbocycles. The van der Waals surface area contributed by atoms with Crippen LogP contribution in [0.4, 0.5) is 0 Å². The van der Waals surface area contributed by atoms with E-state index in [1.54, 1.807) is 18.5 Å². The van der Waals surface area contributed by atoms with E-state index in [0.29, 0.717) is 13.1 Å². The Labute approximate surface area is 103 Å². The molecule has 3 rings (SSSR count). The van der Waals surface area contributed by atoms with Gasteiger partial charge >= 0.3 is 5.97 Å². The number of nitrogens with zero attached hydrogens (tertiary/aromatic N) is 2. The zero-order valence-corrected chi connectivity index (χ0v) is 9.67. The summed E-state index contributed by atoms with van der Waals surface area (Å²) >= 11 is 0. The van der Waals surface area contributed by atoms with Crippen molar-refractivity contribution in [2.45, 2.75) is 19.0 Å². The van der Waals surface area contributed by atoms with E-state index >= 15 is 0 Å². The zero-order chi connectivity index (χ0) is 12.5. The molecule has 18 heavy (non-hydrogen) atoms.